The van der Waals surface area contributed by atoms with Crippen LogP contribution in [0.5, 0.6) is 5.75 Å². The molecule has 0 aromatic heterocycles. The van der Waals surface area contributed by atoms with Gasteiger partial charge in [-0.1, -0.05) is 27.2 Å². The van der Waals surface area contributed by atoms with Crippen molar-refractivity contribution in [1.29, 1.82) is 0 Å². The molecule has 2 atom stereocenters. The minimum atomic E-state index is -0.815. The van der Waals surface area contributed by atoms with Crippen LogP contribution in [0, 0.1) is 5.92 Å². The quantitative estimate of drug-likeness (QED) is 0.455. The largest absolute Gasteiger partial charge is 0.494 e. The lowest BCUT2D eigenvalue weighted by Gasteiger charge is -2.33. The summed E-state index contributed by atoms with van der Waals surface area (Å²) >= 11 is 0. The number of piperidine rings is 1. The number of carbonyl (C=O) groups excluding carboxylic acids is 1. The van der Waals surface area contributed by atoms with Gasteiger partial charge in [-0.05, 0) is 82.7 Å². The Morgan fingerprint density at radius 1 is 1.23 bits per heavy atom. The maximum atomic E-state index is 12.9. The normalized spacial score (nSPS) is 19.5. The predicted molar refractivity (Wildman–Crippen MR) is 124 cm³/mol. The maximum absolute atomic E-state index is 12.9. The molecule has 1 aliphatic heterocycles. The zero-order chi connectivity index (χ0) is 22.0. The van der Waals surface area contributed by atoms with E-state index >= 15 is 0 Å². The Labute approximate surface area is 183 Å². The number of benzene rings is 1. The fourth-order valence-corrected chi connectivity index (χ4v) is 4.17. The molecule has 2 rings (SSSR count). The first-order valence-electron chi connectivity index (χ1n) is 11.8. The average molecular weight is 419 g/mol. The summed E-state index contributed by atoms with van der Waals surface area (Å²) in [4.78, 5) is 15.4. The molecule has 1 aromatic rings. The number of nitrogens with zero attached hydrogens (tertiary/aromatic N) is 1. The first-order valence-corrected chi connectivity index (χ1v) is 11.8. The van der Waals surface area contributed by atoms with E-state index in [1.165, 1.54) is 25.8 Å². The Balaban J connectivity index is 1.80. The molecular formula is C25H42N2O3. The Hall–Kier alpha value is -1.59. The van der Waals surface area contributed by atoms with Crippen LogP contribution in [0.2, 0.25) is 0 Å². The minimum Gasteiger partial charge on any atom is -0.494 e. The average Bonchev–Trinajstić information content (AvgIpc) is 2.71. The van der Waals surface area contributed by atoms with Gasteiger partial charge in [-0.25, -0.2) is 0 Å². The second-order valence-corrected chi connectivity index (χ2v) is 9.24. The Bertz CT molecular complexity index is 632. The van der Waals surface area contributed by atoms with E-state index in [-0.39, 0.29) is 5.91 Å². The number of hydrogen-bond donors (Lipinski definition) is 1. The van der Waals surface area contributed by atoms with Crippen LogP contribution in [0.25, 0.3) is 0 Å². The van der Waals surface area contributed by atoms with Gasteiger partial charge in [0, 0.05) is 24.9 Å². The van der Waals surface area contributed by atoms with Crippen molar-refractivity contribution in [3.8, 4) is 5.75 Å². The van der Waals surface area contributed by atoms with Gasteiger partial charge in [0.2, 0.25) is 0 Å². The molecule has 1 heterocycles. The Morgan fingerprint density at radius 3 is 2.60 bits per heavy atom. The van der Waals surface area contributed by atoms with E-state index in [4.69, 9.17) is 9.47 Å². The number of ether oxygens (including phenoxy) is 2. The summed E-state index contributed by atoms with van der Waals surface area (Å²) in [6.07, 6.45) is 6.61. The molecule has 30 heavy (non-hydrogen) atoms. The maximum Gasteiger partial charge on any atom is 0.256 e. The summed E-state index contributed by atoms with van der Waals surface area (Å²) in [5, 5.41) is 3.01. The highest BCUT2D eigenvalue weighted by Crippen LogP contribution is 2.25. The number of rotatable bonds is 12. The van der Waals surface area contributed by atoms with Gasteiger partial charge in [0.15, 0.2) is 0 Å². The summed E-state index contributed by atoms with van der Waals surface area (Å²) in [5.41, 5.74) is -0.0464. The van der Waals surface area contributed by atoms with Gasteiger partial charge in [-0.2, -0.15) is 0 Å². The lowest BCUT2D eigenvalue weighted by molar-refractivity contribution is -0.141. The molecule has 0 saturated carbocycles. The zero-order valence-corrected chi connectivity index (χ0v) is 19.7. The summed E-state index contributed by atoms with van der Waals surface area (Å²) in [7, 11) is 0. The molecule has 0 unspecified atom stereocenters. The van der Waals surface area contributed by atoms with Gasteiger partial charge in [-0.3, -0.25) is 4.79 Å². The van der Waals surface area contributed by atoms with Crippen LogP contribution in [-0.2, 0) is 9.53 Å². The first-order chi connectivity index (χ1) is 14.3. The molecule has 5 heteroatoms. The van der Waals surface area contributed by atoms with Crippen molar-refractivity contribution in [3.05, 3.63) is 24.3 Å². The second kappa shape index (κ2) is 12.3. The summed E-state index contributed by atoms with van der Waals surface area (Å²) in [5.74, 6) is 1.13. The van der Waals surface area contributed by atoms with Crippen LogP contribution < -0.4 is 10.1 Å². The monoisotopic (exact) mass is 418 g/mol. The van der Waals surface area contributed by atoms with E-state index in [0.717, 1.165) is 30.8 Å². The molecule has 1 amide bonds. The Kier molecular flexibility index (Phi) is 10.1. The molecule has 0 bridgehead atoms. The molecule has 0 aliphatic carbocycles. The minimum absolute atomic E-state index is 0.0889. The third-order valence-electron chi connectivity index (χ3n) is 5.81. The number of anilines is 1. The molecular weight excluding hydrogens is 376 g/mol. The van der Waals surface area contributed by atoms with Crippen LogP contribution in [0.3, 0.4) is 0 Å². The third kappa shape index (κ3) is 7.92. The third-order valence-corrected chi connectivity index (χ3v) is 5.81. The SMILES string of the molecule is CCCO[C@@](C)(CC(C)C)C(=O)Nc1ccc(OCCCN2CCCC[C@H]2C)cc1. The van der Waals surface area contributed by atoms with E-state index in [0.29, 0.717) is 31.6 Å². The molecule has 1 aliphatic rings. The summed E-state index contributed by atoms with van der Waals surface area (Å²) in [6.45, 7) is 14.1. The molecule has 170 valence electrons. The molecule has 1 aromatic carbocycles. The highest BCUT2D eigenvalue weighted by molar-refractivity contribution is 5.97. The first kappa shape index (κ1) is 24.7. The highest BCUT2D eigenvalue weighted by atomic mass is 16.5. The van der Waals surface area contributed by atoms with E-state index in [1.54, 1.807) is 0 Å². The van der Waals surface area contributed by atoms with Gasteiger partial charge in [-0.15, -0.1) is 0 Å². The van der Waals surface area contributed by atoms with Crippen LogP contribution in [0.15, 0.2) is 24.3 Å². The number of amides is 1. The van der Waals surface area contributed by atoms with Gasteiger partial charge >= 0.3 is 0 Å². The van der Waals surface area contributed by atoms with Crippen LogP contribution in [0.4, 0.5) is 5.69 Å². The van der Waals surface area contributed by atoms with Crippen LogP contribution >= 0.6 is 0 Å². The van der Waals surface area contributed by atoms with Crippen LogP contribution in [0.1, 0.15) is 73.1 Å². The van der Waals surface area contributed by atoms with E-state index in [1.807, 2.05) is 31.2 Å². The molecule has 0 radical (unpaired) electrons. The standard InChI is InChI=1S/C25H42N2O3/c1-6-17-30-25(5,19-20(2)3)24(28)26-22-11-13-23(14-12-22)29-18-9-16-27-15-8-7-10-21(27)4/h11-14,20-21H,6-10,15-19H2,1-5H3,(H,26,28)/t21-,25+/m1/s1. The Morgan fingerprint density at radius 2 is 1.97 bits per heavy atom. The van der Waals surface area contributed by atoms with Gasteiger partial charge < -0.3 is 19.7 Å². The second-order valence-electron chi connectivity index (χ2n) is 9.24. The lowest BCUT2D eigenvalue weighted by Crippen LogP contribution is -2.44. The van der Waals surface area contributed by atoms with Crippen molar-refractivity contribution in [2.45, 2.75) is 84.8 Å². The molecule has 1 N–H and O–H groups in total. The van der Waals surface area contributed by atoms with Gasteiger partial charge in [0.1, 0.15) is 11.4 Å². The van der Waals surface area contributed by atoms with Crippen molar-refractivity contribution in [3.63, 3.8) is 0 Å². The number of likely N-dealkylation sites (tertiary alicyclic amines) is 1. The number of carbonyl (C=O) groups is 1. The van der Waals surface area contributed by atoms with Crippen molar-refractivity contribution < 1.29 is 14.3 Å². The fourth-order valence-electron chi connectivity index (χ4n) is 4.17. The lowest BCUT2D eigenvalue weighted by atomic mass is 9.93. The summed E-state index contributed by atoms with van der Waals surface area (Å²) < 4.78 is 11.8. The smallest absolute Gasteiger partial charge is 0.256 e. The summed E-state index contributed by atoms with van der Waals surface area (Å²) in [6, 6.07) is 8.34. The molecule has 1 saturated heterocycles. The van der Waals surface area contributed by atoms with E-state index in [9.17, 15) is 4.79 Å². The number of hydrogen-bond acceptors (Lipinski definition) is 4. The van der Waals surface area contributed by atoms with Crippen molar-refractivity contribution in [2.75, 3.05) is 31.6 Å². The van der Waals surface area contributed by atoms with Gasteiger partial charge in [0.05, 0.1) is 6.61 Å². The van der Waals surface area contributed by atoms with Crippen molar-refractivity contribution >= 4 is 11.6 Å². The van der Waals surface area contributed by atoms with Gasteiger partial charge in [0.25, 0.3) is 5.91 Å². The van der Waals surface area contributed by atoms with E-state index in [2.05, 4.69) is 37.9 Å². The molecule has 1 fully saturated rings. The topological polar surface area (TPSA) is 50.8 Å². The fraction of sp³-hybridized carbons (Fsp3) is 0.720. The number of nitrogens with one attached hydrogen (secondary N) is 1. The molecule has 0 spiro atoms. The van der Waals surface area contributed by atoms with E-state index < -0.39 is 5.60 Å². The van der Waals surface area contributed by atoms with Crippen LogP contribution in [-0.4, -0.2) is 48.8 Å². The highest BCUT2D eigenvalue weighted by Gasteiger charge is 2.34. The van der Waals surface area contributed by atoms with Crippen molar-refractivity contribution in [1.82, 2.24) is 4.90 Å². The molecule has 5 nitrogen and oxygen atoms in total. The zero-order valence-electron chi connectivity index (χ0n) is 19.7. The van der Waals surface area contributed by atoms with Crippen molar-refractivity contribution in [2.24, 2.45) is 5.92 Å². The predicted octanol–water partition coefficient (Wildman–Crippen LogP) is 5.50.